The molecule has 1 heterocycles. The van der Waals surface area contributed by atoms with Crippen molar-refractivity contribution < 1.29 is 24.5 Å². The highest BCUT2D eigenvalue weighted by Crippen LogP contribution is 2.18. The number of amides is 1. The molecule has 6 nitrogen and oxygen atoms in total. The lowest BCUT2D eigenvalue weighted by molar-refractivity contribution is -0.147. The highest BCUT2D eigenvalue weighted by atomic mass is 16.5. The van der Waals surface area contributed by atoms with Crippen LogP contribution in [0.3, 0.4) is 0 Å². The van der Waals surface area contributed by atoms with Crippen molar-refractivity contribution in [1.82, 2.24) is 5.32 Å². The highest BCUT2D eigenvalue weighted by molar-refractivity contribution is 5.81. The number of aliphatic hydroxyl groups is 1. The summed E-state index contributed by atoms with van der Waals surface area (Å²) in [6.45, 7) is 2.04. The maximum Gasteiger partial charge on any atom is 0.332 e. The molecule has 3 N–H and O–H groups in total. The summed E-state index contributed by atoms with van der Waals surface area (Å²) in [5.74, 6) is -1.51. The van der Waals surface area contributed by atoms with Crippen LogP contribution in [0.4, 0.5) is 0 Å². The molecule has 0 saturated carbocycles. The molecule has 0 spiro atoms. The Hall–Kier alpha value is -1.14. The van der Waals surface area contributed by atoms with Gasteiger partial charge in [0.05, 0.1) is 6.10 Å². The normalized spacial score (nSPS) is 26.4. The van der Waals surface area contributed by atoms with Crippen LogP contribution in [0.5, 0.6) is 0 Å². The molecular weight excluding hydrogens is 214 g/mol. The number of carboxylic acid groups (broad SMARTS) is 1. The number of aliphatic hydroxyl groups excluding tert-OH is 1. The first-order valence-electron chi connectivity index (χ1n) is 5.34. The van der Waals surface area contributed by atoms with Crippen LogP contribution in [0, 0.1) is 0 Å². The molecule has 1 aliphatic rings. The van der Waals surface area contributed by atoms with Crippen molar-refractivity contribution in [3.63, 3.8) is 0 Å². The fourth-order valence-electron chi connectivity index (χ4n) is 1.56. The van der Waals surface area contributed by atoms with Gasteiger partial charge in [-0.05, 0) is 19.8 Å². The lowest BCUT2D eigenvalue weighted by Gasteiger charge is -2.12. The van der Waals surface area contributed by atoms with E-state index in [9.17, 15) is 9.59 Å². The van der Waals surface area contributed by atoms with Crippen molar-refractivity contribution in [3.05, 3.63) is 0 Å². The molecule has 92 valence electrons. The first-order chi connectivity index (χ1) is 7.50. The second kappa shape index (κ2) is 5.81. The van der Waals surface area contributed by atoms with E-state index in [1.54, 1.807) is 0 Å². The van der Waals surface area contributed by atoms with Gasteiger partial charge in [0.25, 0.3) is 0 Å². The van der Waals surface area contributed by atoms with Gasteiger partial charge in [0, 0.05) is 13.0 Å². The second-order valence-electron chi connectivity index (χ2n) is 3.95. The fraction of sp³-hybridized carbons (Fsp3) is 0.800. The average molecular weight is 231 g/mol. The molecular formula is C10H17NO5. The largest absolute Gasteiger partial charge is 0.479 e. The third kappa shape index (κ3) is 3.79. The lowest BCUT2D eigenvalue weighted by atomic mass is 10.2. The Labute approximate surface area is 93.6 Å². The molecule has 6 heteroatoms. The van der Waals surface area contributed by atoms with Crippen molar-refractivity contribution in [3.8, 4) is 0 Å². The first kappa shape index (κ1) is 12.9. The van der Waals surface area contributed by atoms with Crippen molar-refractivity contribution in [2.75, 3.05) is 6.54 Å². The monoisotopic (exact) mass is 231 g/mol. The van der Waals surface area contributed by atoms with E-state index in [1.807, 2.05) is 6.92 Å². The Morgan fingerprint density at radius 2 is 2.19 bits per heavy atom. The number of hydrogen-bond acceptors (Lipinski definition) is 4. The Balaban J connectivity index is 2.18. The van der Waals surface area contributed by atoms with E-state index in [2.05, 4.69) is 5.32 Å². The van der Waals surface area contributed by atoms with E-state index >= 15 is 0 Å². The van der Waals surface area contributed by atoms with E-state index in [-0.39, 0.29) is 25.0 Å². The third-order valence-electron chi connectivity index (χ3n) is 2.53. The second-order valence-corrected chi connectivity index (χ2v) is 3.95. The zero-order chi connectivity index (χ0) is 12.1. The molecule has 0 bridgehead atoms. The minimum Gasteiger partial charge on any atom is -0.479 e. The molecule has 0 aromatic rings. The van der Waals surface area contributed by atoms with Gasteiger partial charge in [-0.15, -0.1) is 0 Å². The SMILES string of the molecule is CC1CCC(C(=O)NCCC(O)C(=O)O)O1. The molecule has 3 atom stereocenters. The number of nitrogens with one attached hydrogen (secondary N) is 1. The van der Waals surface area contributed by atoms with Crippen LogP contribution in [-0.2, 0) is 14.3 Å². The van der Waals surface area contributed by atoms with E-state index < -0.39 is 18.2 Å². The zero-order valence-electron chi connectivity index (χ0n) is 9.18. The number of aliphatic carboxylic acids is 1. The van der Waals surface area contributed by atoms with Crippen LogP contribution < -0.4 is 5.32 Å². The van der Waals surface area contributed by atoms with E-state index in [4.69, 9.17) is 14.9 Å². The van der Waals surface area contributed by atoms with Gasteiger partial charge in [-0.2, -0.15) is 0 Å². The summed E-state index contributed by atoms with van der Waals surface area (Å²) in [5, 5.41) is 19.9. The van der Waals surface area contributed by atoms with Gasteiger partial charge < -0.3 is 20.3 Å². The van der Waals surface area contributed by atoms with Crippen molar-refractivity contribution in [2.45, 2.75) is 44.5 Å². The molecule has 0 aliphatic carbocycles. The first-order valence-corrected chi connectivity index (χ1v) is 5.34. The molecule has 16 heavy (non-hydrogen) atoms. The minimum absolute atomic E-state index is 0.00332. The topological polar surface area (TPSA) is 95.9 Å². The van der Waals surface area contributed by atoms with Gasteiger partial charge >= 0.3 is 5.97 Å². The zero-order valence-corrected chi connectivity index (χ0v) is 9.18. The summed E-state index contributed by atoms with van der Waals surface area (Å²) in [6, 6.07) is 0. The van der Waals surface area contributed by atoms with Gasteiger partial charge in [-0.1, -0.05) is 0 Å². The molecule has 1 aliphatic heterocycles. The Kier molecular flexibility index (Phi) is 4.70. The standard InChI is InChI=1S/C10H17NO5/c1-6-2-3-8(16-6)9(13)11-5-4-7(12)10(14)15/h6-8,12H,2-5H2,1H3,(H,11,13)(H,14,15). The highest BCUT2D eigenvalue weighted by Gasteiger charge is 2.27. The van der Waals surface area contributed by atoms with Gasteiger partial charge in [-0.25, -0.2) is 4.79 Å². The Morgan fingerprint density at radius 3 is 2.69 bits per heavy atom. The van der Waals surface area contributed by atoms with Crippen LogP contribution in [0.15, 0.2) is 0 Å². The Morgan fingerprint density at radius 1 is 1.50 bits per heavy atom. The minimum atomic E-state index is -1.43. The average Bonchev–Trinajstić information content (AvgIpc) is 2.64. The summed E-state index contributed by atoms with van der Waals surface area (Å²) in [6.07, 6.45) is -0.214. The molecule has 0 aromatic heterocycles. The smallest absolute Gasteiger partial charge is 0.332 e. The molecule has 1 fully saturated rings. The summed E-state index contributed by atoms with van der Waals surface area (Å²) in [4.78, 5) is 21.8. The number of hydrogen-bond donors (Lipinski definition) is 3. The van der Waals surface area contributed by atoms with E-state index in [0.29, 0.717) is 6.42 Å². The summed E-state index contributed by atoms with van der Waals surface area (Å²) in [5.41, 5.74) is 0. The van der Waals surface area contributed by atoms with E-state index in [0.717, 1.165) is 6.42 Å². The summed E-state index contributed by atoms with van der Waals surface area (Å²) < 4.78 is 5.34. The Bertz CT molecular complexity index is 268. The van der Waals surface area contributed by atoms with Crippen molar-refractivity contribution >= 4 is 11.9 Å². The molecule has 1 amide bonds. The van der Waals surface area contributed by atoms with Crippen LogP contribution in [0.1, 0.15) is 26.2 Å². The van der Waals surface area contributed by atoms with Gasteiger partial charge in [0.15, 0.2) is 6.10 Å². The van der Waals surface area contributed by atoms with Gasteiger partial charge in [0.1, 0.15) is 6.10 Å². The molecule has 0 aromatic carbocycles. The number of ether oxygens (including phenoxy) is 1. The molecule has 3 unspecified atom stereocenters. The van der Waals surface area contributed by atoms with Crippen molar-refractivity contribution in [1.29, 1.82) is 0 Å². The lowest BCUT2D eigenvalue weighted by Crippen LogP contribution is -2.37. The number of carbonyl (C=O) groups is 2. The summed E-state index contributed by atoms with van der Waals surface area (Å²) in [7, 11) is 0. The molecule has 1 rings (SSSR count). The van der Waals surface area contributed by atoms with E-state index in [1.165, 1.54) is 0 Å². The quantitative estimate of drug-likeness (QED) is 0.593. The maximum atomic E-state index is 11.5. The summed E-state index contributed by atoms with van der Waals surface area (Å²) >= 11 is 0. The van der Waals surface area contributed by atoms with Gasteiger partial charge in [0.2, 0.25) is 5.91 Å². The number of rotatable bonds is 5. The fourth-order valence-corrected chi connectivity index (χ4v) is 1.56. The van der Waals surface area contributed by atoms with Crippen molar-refractivity contribution in [2.24, 2.45) is 0 Å². The van der Waals surface area contributed by atoms with Gasteiger partial charge in [-0.3, -0.25) is 4.79 Å². The molecule has 0 radical (unpaired) electrons. The number of carboxylic acids is 1. The maximum absolute atomic E-state index is 11.5. The predicted octanol–water partition coefficient (Wildman–Crippen LogP) is -0.494. The third-order valence-corrected chi connectivity index (χ3v) is 2.53. The van der Waals surface area contributed by atoms with Crippen LogP contribution in [-0.4, -0.2) is 46.9 Å². The van der Waals surface area contributed by atoms with Crippen LogP contribution in [0.25, 0.3) is 0 Å². The van der Waals surface area contributed by atoms with Crippen LogP contribution in [0.2, 0.25) is 0 Å². The van der Waals surface area contributed by atoms with Crippen LogP contribution >= 0.6 is 0 Å². The number of carbonyl (C=O) groups excluding carboxylic acids is 1. The molecule has 1 saturated heterocycles. The predicted molar refractivity (Wildman–Crippen MR) is 54.8 cm³/mol.